The van der Waals surface area contributed by atoms with Crippen molar-refractivity contribution in [3.8, 4) is 0 Å². The molecule has 4 N–H and O–H groups in total. The first kappa shape index (κ1) is 25.2. The summed E-state index contributed by atoms with van der Waals surface area (Å²) < 4.78 is 0. The smallest absolute Gasteiger partial charge is 0.0229 e. The van der Waals surface area contributed by atoms with E-state index in [-0.39, 0.29) is 11.1 Å². The molecule has 2 nitrogen and oxygen atoms in total. The molecule has 0 heterocycles. The molecule has 2 heteroatoms. The average molecular weight is 407 g/mol. The maximum Gasteiger partial charge on any atom is 0.0229 e. The summed E-state index contributed by atoms with van der Waals surface area (Å²) in [6, 6.07) is 0. The topological polar surface area (TPSA) is 52.0 Å². The van der Waals surface area contributed by atoms with Crippen molar-refractivity contribution in [1.82, 2.24) is 0 Å². The molecule has 0 saturated heterocycles. The Morgan fingerprint density at radius 2 is 0.897 bits per heavy atom. The zero-order chi connectivity index (χ0) is 21.4. The summed E-state index contributed by atoms with van der Waals surface area (Å²) >= 11 is 0. The SMILES string of the molecule is CCCCC1(CCC)CCCCC1(N)CC1(N)CCCCC1(CCC)CCCC. The van der Waals surface area contributed by atoms with Crippen molar-refractivity contribution >= 4 is 0 Å². The summed E-state index contributed by atoms with van der Waals surface area (Å²) in [5, 5.41) is 0. The van der Waals surface area contributed by atoms with Gasteiger partial charge in [-0.05, 0) is 68.6 Å². The van der Waals surface area contributed by atoms with Gasteiger partial charge in [-0.2, -0.15) is 0 Å². The van der Waals surface area contributed by atoms with Crippen molar-refractivity contribution < 1.29 is 0 Å². The van der Waals surface area contributed by atoms with Crippen LogP contribution in [0.4, 0.5) is 0 Å². The highest BCUT2D eigenvalue weighted by Gasteiger charge is 2.57. The Kier molecular flexibility index (Phi) is 9.54. The molecule has 29 heavy (non-hydrogen) atoms. The molecule has 4 unspecified atom stereocenters. The zero-order valence-corrected chi connectivity index (χ0v) is 20.6. The van der Waals surface area contributed by atoms with Crippen molar-refractivity contribution in [3.63, 3.8) is 0 Å². The van der Waals surface area contributed by atoms with E-state index in [0.717, 1.165) is 6.42 Å². The number of hydrogen-bond acceptors (Lipinski definition) is 2. The average Bonchev–Trinajstić information content (AvgIpc) is 2.69. The van der Waals surface area contributed by atoms with Gasteiger partial charge in [-0.3, -0.25) is 0 Å². The normalized spacial score (nSPS) is 38.3. The minimum atomic E-state index is -0.0618. The van der Waals surface area contributed by atoms with E-state index < -0.39 is 0 Å². The summed E-state index contributed by atoms with van der Waals surface area (Å²) in [4.78, 5) is 0. The summed E-state index contributed by atoms with van der Waals surface area (Å²) in [6.07, 6.45) is 24.5. The van der Waals surface area contributed by atoms with Crippen molar-refractivity contribution in [1.29, 1.82) is 0 Å². The Bertz CT molecular complexity index is 427. The van der Waals surface area contributed by atoms with Crippen LogP contribution in [0, 0.1) is 10.8 Å². The minimum absolute atomic E-state index is 0.0618. The van der Waals surface area contributed by atoms with Gasteiger partial charge in [-0.25, -0.2) is 0 Å². The number of rotatable bonds is 12. The second-order valence-corrected chi connectivity index (χ2v) is 11.2. The molecule has 2 saturated carbocycles. The largest absolute Gasteiger partial charge is 0.325 e. The lowest BCUT2D eigenvalue weighted by Gasteiger charge is -2.60. The lowest BCUT2D eigenvalue weighted by atomic mass is 9.48. The Morgan fingerprint density at radius 3 is 1.24 bits per heavy atom. The number of nitrogens with two attached hydrogens (primary N) is 2. The second kappa shape index (κ2) is 11.0. The summed E-state index contributed by atoms with van der Waals surface area (Å²) in [6.45, 7) is 9.40. The highest BCUT2D eigenvalue weighted by Crippen LogP contribution is 2.58. The minimum Gasteiger partial charge on any atom is -0.325 e. The van der Waals surface area contributed by atoms with Crippen LogP contribution in [0.5, 0.6) is 0 Å². The van der Waals surface area contributed by atoms with Crippen LogP contribution in [-0.2, 0) is 0 Å². The fraction of sp³-hybridized carbons (Fsp3) is 1.00. The van der Waals surface area contributed by atoms with Gasteiger partial charge in [0.1, 0.15) is 0 Å². The maximum absolute atomic E-state index is 7.55. The van der Waals surface area contributed by atoms with Gasteiger partial charge in [0, 0.05) is 11.1 Å². The molecule has 172 valence electrons. The van der Waals surface area contributed by atoms with Gasteiger partial charge >= 0.3 is 0 Å². The molecular formula is C27H54N2. The molecular weight excluding hydrogens is 352 g/mol. The van der Waals surface area contributed by atoms with Gasteiger partial charge in [-0.1, -0.05) is 91.9 Å². The second-order valence-electron chi connectivity index (χ2n) is 11.2. The van der Waals surface area contributed by atoms with E-state index in [1.807, 2.05) is 0 Å². The Morgan fingerprint density at radius 1 is 0.517 bits per heavy atom. The van der Waals surface area contributed by atoms with Crippen molar-refractivity contribution in [3.05, 3.63) is 0 Å². The van der Waals surface area contributed by atoms with Gasteiger partial charge in [0.2, 0.25) is 0 Å². The van der Waals surface area contributed by atoms with E-state index >= 15 is 0 Å². The van der Waals surface area contributed by atoms with Crippen LogP contribution in [-0.4, -0.2) is 11.1 Å². The van der Waals surface area contributed by atoms with Crippen molar-refractivity contribution in [2.24, 2.45) is 22.3 Å². The first-order valence-corrected chi connectivity index (χ1v) is 13.4. The van der Waals surface area contributed by atoms with Crippen molar-refractivity contribution in [2.45, 2.75) is 161 Å². The molecule has 0 radical (unpaired) electrons. The number of hydrogen-bond donors (Lipinski definition) is 2. The molecule has 2 aliphatic carbocycles. The Labute approximate surface area is 183 Å². The van der Waals surface area contributed by atoms with Crippen LogP contribution in [0.3, 0.4) is 0 Å². The van der Waals surface area contributed by atoms with Crippen LogP contribution >= 0.6 is 0 Å². The Hall–Kier alpha value is -0.0800. The lowest BCUT2D eigenvalue weighted by molar-refractivity contribution is -0.0382. The van der Waals surface area contributed by atoms with Crippen LogP contribution < -0.4 is 11.5 Å². The van der Waals surface area contributed by atoms with E-state index in [1.54, 1.807) is 0 Å². The fourth-order valence-electron chi connectivity index (χ4n) is 7.68. The van der Waals surface area contributed by atoms with E-state index in [9.17, 15) is 0 Å². The van der Waals surface area contributed by atoms with Crippen LogP contribution in [0.1, 0.15) is 150 Å². The molecule has 0 spiro atoms. The molecule has 0 bridgehead atoms. The molecule has 2 rings (SSSR count). The highest BCUT2D eigenvalue weighted by atomic mass is 14.9. The van der Waals surface area contributed by atoms with E-state index in [1.165, 1.54) is 116 Å². The molecule has 0 aromatic carbocycles. The first-order valence-electron chi connectivity index (χ1n) is 13.4. The van der Waals surface area contributed by atoms with E-state index in [0.29, 0.717) is 10.8 Å². The highest BCUT2D eigenvalue weighted by molar-refractivity contribution is 5.14. The van der Waals surface area contributed by atoms with Gasteiger partial charge in [0.25, 0.3) is 0 Å². The third-order valence-electron chi connectivity index (χ3n) is 9.27. The Balaban J connectivity index is 2.39. The molecule has 0 aromatic heterocycles. The van der Waals surface area contributed by atoms with Crippen LogP contribution in [0.15, 0.2) is 0 Å². The zero-order valence-electron chi connectivity index (χ0n) is 20.6. The summed E-state index contributed by atoms with van der Waals surface area (Å²) in [5.74, 6) is 0. The third kappa shape index (κ3) is 5.22. The first-order chi connectivity index (χ1) is 13.9. The van der Waals surface area contributed by atoms with Crippen LogP contribution in [0.25, 0.3) is 0 Å². The standard InChI is InChI=1S/C27H54N2/c1-5-9-17-24(15-7-3)19-11-13-21-26(24,28)23-27(29)22-14-12-20-25(27,16-8-4)18-10-6-2/h5-23,28-29H2,1-4H3. The van der Waals surface area contributed by atoms with E-state index in [4.69, 9.17) is 11.5 Å². The van der Waals surface area contributed by atoms with Gasteiger partial charge in [0.15, 0.2) is 0 Å². The van der Waals surface area contributed by atoms with Gasteiger partial charge in [-0.15, -0.1) is 0 Å². The van der Waals surface area contributed by atoms with E-state index in [2.05, 4.69) is 27.7 Å². The lowest BCUT2D eigenvalue weighted by Crippen LogP contribution is -2.67. The van der Waals surface area contributed by atoms with Gasteiger partial charge < -0.3 is 11.5 Å². The predicted octanol–water partition coefficient (Wildman–Crippen LogP) is 7.87. The molecule has 2 aliphatic rings. The third-order valence-corrected chi connectivity index (χ3v) is 9.27. The van der Waals surface area contributed by atoms with Crippen molar-refractivity contribution in [2.75, 3.05) is 0 Å². The quantitative estimate of drug-likeness (QED) is 0.346. The molecule has 0 aromatic rings. The predicted molar refractivity (Wildman–Crippen MR) is 129 cm³/mol. The summed E-state index contributed by atoms with van der Waals surface area (Å²) in [5.41, 5.74) is 15.6. The fourth-order valence-corrected chi connectivity index (χ4v) is 7.68. The summed E-state index contributed by atoms with van der Waals surface area (Å²) in [7, 11) is 0. The molecule has 4 atom stereocenters. The molecule has 0 aliphatic heterocycles. The van der Waals surface area contributed by atoms with Crippen LogP contribution in [0.2, 0.25) is 0 Å². The monoisotopic (exact) mass is 406 g/mol. The van der Waals surface area contributed by atoms with Gasteiger partial charge in [0.05, 0.1) is 0 Å². The maximum atomic E-state index is 7.55. The molecule has 2 fully saturated rings. The molecule has 0 amide bonds. The number of unbranched alkanes of at least 4 members (excludes halogenated alkanes) is 2.